The fourth-order valence-corrected chi connectivity index (χ4v) is 4.61. The highest BCUT2D eigenvalue weighted by atomic mass is 32.1. The zero-order valence-corrected chi connectivity index (χ0v) is 17.1. The molecule has 2 aliphatic rings. The molecule has 2 radical (unpaired) electrons. The van der Waals surface area contributed by atoms with Crippen LogP contribution < -0.4 is 15.0 Å². The highest BCUT2D eigenvalue weighted by molar-refractivity contribution is 7.21. The van der Waals surface area contributed by atoms with Gasteiger partial charge in [0.05, 0.1) is 10.9 Å². The molecule has 2 aromatic rings. The molecular formula is C21H22BN3O3S. The lowest BCUT2D eigenvalue weighted by molar-refractivity contribution is -0.117. The van der Waals surface area contributed by atoms with Crippen molar-refractivity contribution in [3.8, 4) is 0 Å². The van der Waals surface area contributed by atoms with Crippen LogP contribution >= 0.6 is 11.3 Å². The molecule has 0 aliphatic carbocycles. The van der Waals surface area contributed by atoms with Crippen LogP contribution in [0.3, 0.4) is 0 Å². The summed E-state index contributed by atoms with van der Waals surface area (Å²) in [6.07, 6.45) is 2.35. The first kappa shape index (κ1) is 19.7. The molecule has 3 heterocycles. The summed E-state index contributed by atoms with van der Waals surface area (Å²) in [6.45, 7) is 3.92. The number of nitrogens with zero attached hydrogens (tertiary/aromatic N) is 2. The smallest absolute Gasteiger partial charge is 0.261 e. The zero-order valence-electron chi connectivity index (χ0n) is 16.3. The van der Waals surface area contributed by atoms with Gasteiger partial charge in [-0.1, -0.05) is 6.07 Å². The number of hydrogen-bond donors (Lipinski definition) is 1. The van der Waals surface area contributed by atoms with Gasteiger partial charge >= 0.3 is 0 Å². The number of thiophene rings is 1. The van der Waals surface area contributed by atoms with Crippen molar-refractivity contribution in [3.05, 3.63) is 46.3 Å². The van der Waals surface area contributed by atoms with E-state index in [0.717, 1.165) is 37.2 Å². The number of rotatable bonds is 4. The molecule has 0 saturated carbocycles. The van der Waals surface area contributed by atoms with E-state index in [4.69, 9.17) is 7.85 Å². The van der Waals surface area contributed by atoms with E-state index in [9.17, 15) is 14.4 Å². The summed E-state index contributed by atoms with van der Waals surface area (Å²) in [5, 5.41) is 2.91. The van der Waals surface area contributed by atoms with Gasteiger partial charge in [-0.05, 0) is 54.4 Å². The van der Waals surface area contributed by atoms with E-state index in [1.165, 1.54) is 11.3 Å². The monoisotopic (exact) mass is 407 g/mol. The summed E-state index contributed by atoms with van der Waals surface area (Å²) in [5.74, 6) is -0.201. The molecule has 1 unspecified atom stereocenters. The minimum absolute atomic E-state index is 0.0426. The molecule has 6 nitrogen and oxygen atoms in total. The molecule has 1 N–H and O–H groups in total. The number of likely N-dealkylation sites (tertiary alicyclic amines) is 1. The van der Waals surface area contributed by atoms with Gasteiger partial charge in [-0.15, -0.1) is 11.3 Å². The molecule has 3 amide bonds. The maximum atomic E-state index is 12.7. The number of carbonyl (C=O) groups excluding carboxylic acids is 3. The number of aryl methyl sites for hydroxylation is 1. The maximum Gasteiger partial charge on any atom is 0.261 e. The first-order valence-corrected chi connectivity index (χ1v) is 10.6. The van der Waals surface area contributed by atoms with Gasteiger partial charge in [-0.3, -0.25) is 14.4 Å². The van der Waals surface area contributed by atoms with Gasteiger partial charge in [-0.2, -0.15) is 0 Å². The van der Waals surface area contributed by atoms with Crippen LogP contribution in [-0.4, -0.2) is 56.1 Å². The highest BCUT2D eigenvalue weighted by Gasteiger charge is 2.32. The van der Waals surface area contributed by atoms with Crippen molar-refractivity contribution in [2.75, 3.05) is 24.5 Å². The van der Waals surface area contributed by atoms with E-state index in [1.807, 2.05) is 24.0 Å². The standard InChI is InChI=1S/C21H22BN3O3S/c1-13-10-15(4-5-16(13)21(28)24-8-2-3-9-24)25-12-14(11-19(25)26)23-20(27)17-6-7-18(22)29-17/h4-7,10,14H,2-3,8-9,11-12H2,1H3,(H,23,27). The summed E-state index contributed by atoms with van der Waals surface area (Å²) < 4.78 is 0.582. The lowest BCUT2D eigenvalue weighted by Gasteiger charge is -2.20. The molecule has 1 aromatic carbocycles. The van der Waals surface area contributed by atoms with Crippen molar-refractivity contribution >= 4 is 47.4 Å². The SMILES string of the molecule is [B]c1ccc(C(=O)NC2CC(=O)N(c3ccc(C(=O)N4CCCC4)c(C)c3)C2)s1. The Morgan fingerprint density at radius 2 is 1.93 bits per heavy atom. The molecule has 0 bridgehead atoms. The Bertz CT molecular complexity index is 968. The Balaban J connectivity index is 1.44. The fraction of sp³-hybridized carbons (Fsp3) is 0.381. The lowest BCUT2D eigenvalue weighted by atomic mass is 10.1. The molecule has 8 heteroatoms. The van der Waals surface area contributed by atoms with Crippen molar-refractivity contribution < 1.29 is 14.4 Å². The average molecular weight is 407 g/mol. The topological polar surface area (TPSA) is 69.7 Å². The van der Waals surface area contributed by atoms with Crippen molar-refractivity contribution in [2.45, 2.75) is 32.2 Å². The lowest BCUT2D eigenvalue weighted by Crippen LogP contribution is -2.36. The Kier molecular flexibility index (Phi) is 5.45. The molecule has 0 spiro atoms. The van der Waals surface area contributed by atoms with Crippen molar-refractivity contribution in [1.29, 1.82) is 0 Å². The van der Waals surface area contributed by atoms with Gasteiger partial charge in [0.25, 0.3) is 11.8 Å². The normalized spacial score (nSPS) is 19.1. The summed E-state index contributed by atoms with van der Waals surface area (Å²) in [5.41, 5.74) is 2.29. The molecular weight excluding hydrogens is 385 g/mol. The number of benzene rings is 1. The van der Waals surface area contributed by atoms with Gasteiger partial charge < -0.3 is 15.1 Å². The Hall–Kier alpha value is -2.61. The van der Waals surface area contributed by atoms with Gasteiger partial charge in [0.1, 0.15) is 7.85 Å². The first-order valence-electron chi connectivity index (χ1n) is 9.79. The summed E-state index contributed by atoms with van der Waals surface area (Å²) in [7, 11) is 5.68. The van der Waals surface area contributed by atoms with E-state index in [-0.39, 0.29) is 30.2 Å². The third kappa shape index (κ3) is 4.08. The number of carbonyl (C=O) groups is 3. The molecule has 2 aliphatic heterocycles. The van der Waals surface area contributed by atoms with Crippen LogP contribution in [0.15, 0.2) is 30.3 Å². The van der Waals surface area contributed by atoms with Crippen LogP contribution in [-0.2, 0) is 4.79 Å². The third-order valence-corrected chi connectivity index (χ3v) is 6.37. The number of anilines is 1. The third-order valence-electron chi connectivity index (χ3n) is 5.46. The van der Waals surface area contributed by atoms with Crippen LogP contribution in [0.5, 0.6) is 0 Å². The van der Waals surface area contributed by atoms with E-state index < -0.39 is 0 Å². The van der Waals surface area contributed by atoms with E-state index in [0.29, 0.717) is 21.8 Å². The van der Waals surface area contributed by atoms with Gasteiger partial charge in [-0.25, -0.2) is 0 Å². The van der Waals surface area contributed by atoms with Crippen LogP contribution in [0.1, 0.15) is 44.9 Å². The van der Waals surface area contributed by atoms with E-state index in [1.54, 1.807) is 23.1 Å². The second kappa shape index (κ2) is 8.03. The Morgan fingerprint density at radius 1 is 1.17 bits per heavy atom. The number of hydrogen-bond acceptors (Lipinski definition) is 4. The quantitative estimate of drug-likeness (QED) is 0.784. The molecule has 1 atom stereocenters. The van der Waals surface area contributed by atoms with E-state index >= 15 is 0 Å². The predicted octanol–water partition coefficient (Wildman–Crippen LogP) is 1.62. The summed E-state index contributed by atoms with van der Waals surface area (Å²) in [6, 6.07) is 8.62. The summed E-state index contributed by atoms with van der Waals surface area (Å²) in [4.78, 5) is 41.6. The minimum atomic E-state index is -0.260. The van der Waals surface area contributed by atoms with Gasteiger partial charge in [0.2, 0.25) is 5.91 Å². The van der Waals surface area contributed by atoms with Crippen LogP contribution in [0.25, 0.3) is 0 Å². The zero-order chi connectivity index (χ0) is 20.5. The Morgan fingerprint density at radius 3 is 2.59 bits per heavy atom. The molecule has 2 fully saturated rings. The van der Waals surface area contributed by atoms with Gasteiger partial charge in [0, 0.05) is 37.3 Å². The first-order chi connectivity index (χ1) is 13.9. The molecule has 148 valence electrons. The fourth-order valence-electron chi connectivity index (χ4n) is 3.93. The largest absolute Gasteiger partial charge is 0.346 e. The average Bonchev–Trinajstić information content (AvgIpc) is 3.42. The number of nitrogens with one attached hydrogen (secondary N) is 1. The minimum Gasteiger partial charge on any atom is -0.346 e. The molecule has 29 heavy (non-hydrogen) atoms. The van der Waals surface area contributed by atoms with Crippen LogP contribution in [0.2, 0.25) is 0 Å². The van der Waals surface area contributed by atoms with Gasteiger partial charge in [0.15, 0.2) is 0 Å². The van der Waals surface area contributed by atoms with Crippen LogP contribution in [0, 0.1) is 6.92 Å². The highest BCUT2D eigenvalue weighted by Crippen LogP contribution is 2.26. The van der Waals surface area contributed by atoms with Crippen molar-refractivity contribution in [1.82, 2.24) is 10.2 Å². The number of amides is 3. The molecule has 2 saturated heterocycles. The Labute approximate surface area is 175 Å². The molecule has 4 rings (SSSR count). The second-order valence-electron chi connectivity index (χ2n) is 7.58. The van der Waals surface area contributed by atoms with Crippen molar-refractivity contribution in [2.24, 2.45) is 0 Å². The predicted molar refractivity (Wildman–Crippen MR) is 114 cm³/mol. The maximum absolute atomic E-state index is 12.7. The van der Waals surface area contributed by atoms with Crippen molar-refractivity contribution in [3.63, 3.8) is 0 Å². The summed E-state index contributed by atoms with van der Waals surface area (Å²) >= 11 is 1.23. The molecule has 1 aromatic heterocycles. The second-order valence-corrected chi connectivity index (χ2v) is 8.69. The van der Waals surface area contributed by atoms with Crippen LogP contribution in [0.4, 0.5) is 5.69 Å². The van der Waals surface area contributed by atoms with E-state index in [2.05, 4.69) is 5.32 Å².